The number of benzene rings is 1. The van der Waals surface area contributed by atoms with Gasteiger partial charge in [0.1, 0.15) is 0 Å². The Bertz CT molecular complexity index is 337. The van der Waals surface area contributed by atoms with Crippen LogP contribution in [0.15, 0.2) is 16.6 Å². The summed E-state index contributed by atoms with van der Waals surface area (Å²) in [5, 5.41) is 3.44. The van der Waals surface area contributed by atoms with E-state index in [1.54, 1.807) is 0 Å². The summed E-state index contributed by atoms with van der Waals surface area (Å²) in [6.45, 7) is 5.29. The molecule has 0 radical (unpaired) electrons. The molecule has 0 aliphatic carbocycles. The first-order chi connectivity index (χ1) is 7.65. The Labute approximate surface area is 107 Å². The minimum absolute atomic E-state index is 0.836. The van der Waals surface area contributed by atoms with Gasteiger partial charge in [-0.15, -0.1) is 0 Å². The number of anilines is 2. The Balaban J connectivity index is 2.45. The monoisotopic (exact) mass is 284 g/mol. The van der Waals surface area contributed by atoms with Gasteiger partial charge in [-0.25, -0.2) is 0 Å². The highest BCUT2D eigenvalue weighted by atomic mass is 79.9. The molecule has 0 unspecified atom stereocenters. The third kappa shape index (κ3) is 4.05. The maximum absolute atomic E-state index is 5.83. The van der Waals surface area contributed by atoms with E-state index in [-0.39, 0.29) is 0 Å². The summed E-state index contributed by atoms with van der Waals surface area (Å²) >= 11 is 3.52. The third-order valence-electron chi connectivity index (χ3n) is 2.70. The van der Waals surface area contributed by atoms with Gasteiger partial charge >= 0.3 is 0 Å². The van der Waals surface area contributed by atoms with Crippen molar-refractivity contribution in [3.05, 3.63) is 22.2 Å². The topological polar surface area (TPSA) is 38.0 Å². The van der Waals surface area contributed by atoms with Crippen molar-refractivity contribution in [1.29, 1.82) is 0 Å². The molecule has 0 fully saturated rings. The van der Waals surface area contributed by atoms with E-state index in [0.717, 1.165) is 28.0 Å². The first kappa shape index (κ1) is 13.4. The second-order valence-electron chi connectivity index (χ2n) is 4.18. The largest absolute Gasteiger partial charge is 0.398 e. The summed E-state index contributed by atoms with van der Waals surface area (Å²) in [6.07, 6.45) is 5.13. The number of nitrogen functional groups attached to an aromatic ring is 1. The summed E-state index contributed by atoms with van der Waals surface area (Å²) in [5.41, 5.74) is 8.93. The van der Waals surface area contributed by atoms with Crippen molar-refractivity contribution in [1.82, 2.24) is 0 Å². The molecule has 0 aliphatic heterocycles. The molecule has 16 heavy (non-hydrogen) atoms. The predicted octanol–water partition coefficient (Wildman–Crippen LogP) is 4.33. The Kier molecular flexibility index (Phi) is 5.67. The van der Waals surface area contributed by atoms with Crippen molar-refractivity contribution < 1.29 is 0 Å². The molecule has 90 valence electrons. The Hall–Kier alpha value is -0.700. The first-order valence-electron chi connectivity index (χ1n) is 5.94. The van der Waals surface area contributed by atoms with Gasteiger partial charge in [-0.3, -0.25) is 0 Å². The Morgan fingerprint density at radius 3 is 2.69 bits per heavy atom. The fourth-order valence-corrected chi connectivity index (χ4v) is 2.11. The molecule has 3 N–H and O–H groups in total. The van der Waals surface area contributed by atoms with Crippen molar-refractivity contribution in [2.24, 2.45) is 0 Å². The van der Waals surface area contributed by atoms with Gasteiger partial charge in [0.15, 0.2) is 0 Å². The lowest BCUT2D eigenvalue weighted by Gasteiger charge is -2.11. The van der Waals surface area contributed by atoms with E-state index in [4.69, 9.17) is 5.73 Å². The summed E-state index contributed by atoms with van der Waals surface area (Å²) in [4.78, 5) is 0. The van der Waals surface area contributed by atoms with E-state index >= 15 is 0 Å². The van der Waals surface area contributed by atoms with Crippen LogP contribution in [0, 0.1) is 6.92 Å². The maximum atomic E-state index is 5.83. The number of aryl methyl sites for hydroxylation is 1. The molecule has 0 saturated carbocycles. The molecule has 0 heterocycles. The summed E-state index contributed by atoms with van der Waals surface area (Å²) < 4.78 is 1.05. The molecular formula is C13H21BrN2. The molecule has 0 bridgehead atoms. The smallest absolute Gasteiger partial charge is 0.0488 e. The van der Waals surface area contributed by atoms with Crippen LogP contribution in [-0.2, 0) is 0 Å². The van der Waals surface area contributed by atoms with Crippen LogP contribution in [-0.4, -0.2) is 6.54 Å². The van der Waals surface area contributed by atoms with Crippen molar-refractivity contribution in [2.75, 3.05) is 17.6 Å². The predicted molar refractivity (Wildman–Crippen MR) is 75.9 cm³/mol. The minimum atomic E-state index is 0.836. The van der Waals surface area contributed by atoms with Gasteiger partial charge < -0.3 is 11.1 Å². The molecular weight excluding hydrogens is 264 g/mol. The number of hydrogen-bond donors (Lipinski definition) is 2. The van der Waals surface area contributed by atoms with Crippen LogP contribution in [0.25, 0.3) is 0 Å². The standard InChI is InChI=1S/C13H21BrN2/c1-3-4-5-6-7-16-13-8-10(2)12(15)9-11(13)14/h8-9,16H,3-7,15H2,1-2H3. The molecule has 1 aromatic carbocycles. The van der Waals surface area contributed by atoms with E-state index < -0.39 is 0 Å². The highest BCUT2D eigenvalue weighted by Crippen LogP contribution is 2.27. The lowest BCUT2D eigenvalue weighted by molar-refractivity contribution is 0.685. The van der Waals surface area contributed by atoms with E-state index in [0.29, 0.717) is 0 Å². The zero-order valence-corrected chi connectivity index (χ0v) is 11.7. The number of unbranched alkanes of at least 4 members (excludes halogenated alkanes) is 3. The second-order valence-corrected chi connectivity index (χ2v) is 5.03. The zero-order valence-electron chi connectivity index (χ0n) is 10.1. The van der Waals surface area contributed by atoms with Crippen LogP contribution in [0.4, 0.5) is 11.4 Å². The second kappa shape index (κ2) is 6.79. The van der Waals surface area contributed by atoms with Gasteiger partial charge in [0.2, 0.25) is 0 Å². The number of rotatable bonds is 6. The quantitative estimate of drug-likeness (QED) is 0.603. The molecule has 0 amide bonds. The van der Waals surface area contributed by atoms with E-state index in [1.165, 1.54) is 25.7 Å². The number of nitrogens with one attached hydrogen (secondary N) is 1. The highest BCUT2D eigenvalue weighted by Gasteiger charge is 2.02. The zero-order chi connectivity index (χ0) is 12.0. The molecule has 0 aromatic heterocycles. The van der Waals surface area contributed by atoms with Gasteiger partial charge in [-0.2, -0.15) is 0 Å². The fourth-order valence-electron chi connectivity index (χ4n) is 1.61. The van der Waals surface area contributed by atoms with Crippen LogP contribution in [0.5, 0.6) is 0 Å². The van der Waals surface area contributed by atoms with E-state index in [9.17, 15) is 0 Å². The van der Waals surface area contributed by atoms with Gasteiger partial charge in [-0.1, -0.05) is 26.2 Å². The molecule has 1 aromatic rings. The molecule has 0 atom stereocenters. The average molecular weight is 285 g/mol. The van der Waals surface area contributed by atoms with E-state index in [1.807, 2.05) is 13.0 Å². The SMILES string of the molecule is CCCCCCNc1cc(C)c(N)cc1Br. The molecule has 0 spiro atoms. The lowest BCUT2D eigenvalue weighted by Crippen LogP contribution is -2.03. The summed E-state index contributed by atoms with van der Waals surface area (Å²) in [7, 11) is 0. The van der Waals surface area contributed by atoms with Crippen LogP contribution >= 0.6 is 15.9 Å². The normalized spacial score (nSPS) is 10.4. The molecule has 2 nitrogen and oxygen atoms in total. The Morgan fingerprint density at radius 2 is 2.00 bits per heavy atom. The number of hydrogen-bond acceptors (Lipinski definition) is 2. The van der Waals surface area contributed by atoms with Crippen LogP contribution in [0.3, 0.4) is 0 Å². The fraction of sp³-hybridized carbons (Fsp3) is 0.538. The van der Waals surface area contributed by atoms with E-state index in [2.05, 4.69) is 34.2 Å². The van der Waals surface area contributed by atoms with Gasteiger partial charge in [-0.05, 0) is 47.0 Å². The minimum Gasteiger partial charge on any atom is -0.398 e. The molecule has 0 aliphatic rings. The van der Waals surface area contributed by atoms with Crippen molar-refractivity contribution >= 4 is 27.3 Å². The summed E-state index contributed by atoms with van der Waals surface area (Å²) in [6, 6.07) is 4.06. The highest BCUT2D eigenvalue weighted by molar-refractivity contribution is 9.10. The average Bonchev–Trinajstić information content (AvgIpc) is 2.25. The van der Waals surface area contributed by atoms with Gasteiger partial charge in [0.05, 0.1) is 0 Å². The first-order valence-corrected chi connectivity index (χ1v) is 6.74. The molecule has 0 saturated heterocycles. The number of halogens is 1. The Morgan fingerprint density at radius 1 is 1.25 bits per heavy atom. The van der Waals surface area contributed by atoms with Crippen LogP contribution in [0.1, 0.15) is 38.2 Å². The third-order valence-corrected chi connectivity index (χ3v) is 3.36. The van der Waals surface area contributed by atoms with Crippen LogP contribution < -0.4 is 11.1 Å². The summed E-state index contributed by atoms with van der Waals surface area (Å²) in [5.74, 6) is 0. The maximum Gasteiger partial charge on any atom is 0.0488 e. The van der Waals surface area contributed by atoms with Gasteiger partial charge in [0.25, 0.3) is 0 Å². The van der Waals surface area contributed by atoms with Gasteiger partial charge in [0, 0.05) is 22.4 Å². The molecule has 1 rings (SSSR count). The number of nitrogens with two attached hydrogens (primary N) is 1. The lowest BCUT2D eigenvalue weighted by atomic mass is 10.1. The van der Waals surface area contributed by atoms with Crippen molar-refractivity contribution in [2.45, 2.75) is 39.5 Å². The van der Waals surface area contributed by atoms with Crippen molar-refractivity contribution in [3.8, 4) is 0 Å². The van der Waals surface area contributed by atoms with Crippen molar-refractivity contribution in [3.63, 3.8) is 0 Å². The molecule has 3 heteroatoms. The van der Waals surface area contributed by atoms with Crippen LogP contribution in [0.2, 0.25) is 0 Å².